The van der Waals surface area contributed by atoms with E-state index in [0.29, 0.717) is 12.5 Å². The van der Waals surface area contributed by atoms with Gasteiger partial charge in [0.15, 0.2) is 6.04 Å². The number of aliphatic hydroxyl groups excluding tert-OH is 1. The Balaban J connectivity index is 1.70. The summed E-state index contributed by atoms with van der Waals surface area (Å²) in [6.07, 6.45) is 5.03. The number of rotatable bonds is 5. The molecule has 3 unspecified atom stereocenters. The predicted octanol–water partition coefficient (Wildman–Crippen LogP) is 0.167. The van der Waals surface area contributed by atoms with Crippen LogP contribution in [0, 0.1) is 17.8 Å². The highest BCUT2D eigenvalue weighted by Gasteiger charge is 2.39. The molecule has 2 rings (SSSR count). The van der Waals surface area contributed by atoms with E-state index in [9.17, 15) is 9.59 Å². The van der Waals surface area contributed by atoms with Crippen LogP contribution in [0.15, 0.2) is 0 Å². The van der Waals surface area contributed by atoms with Crippen molar-refractivity contribution in [3.63, 3.8) is 0 Å². The van der Waals surface area contributed by atoms with Crippen molar-refractivity contribution >= 4 is 12.0 Å². The first kappa shape index (κ1) is 13.1. The van der Waals surface area contributed by atoms with Crippen LogP contribution in [-0.2, 0) is 4.79 Å². The van der Waals surface area contributed by atoms with E-state index in [1.807, 2.05) is 0 Å². The molecule has 2 amide bonds. The maximum Gasteiger partial charge on any atom is 0.328 e. The smallest absolute Gasteiger partial charge is 0.328 e. The lowest BCUT2D eigenvalue weighted by molar-refractivity contribution is -0.140. The molecule has 0 aromatic heterocycles. The van der Waals surface area contributed by atoms with Gasteiger partial charge in [0.2, 0.25) is 0 Å². The summed E-state index contributed by atoms with van der Waals surface area (Å²) in [4.78, 5) is 22.1. The minimum absolute atomic E-state index is 0.515. The zero-order chi connectivity index (χ0) is 13.1. The zero-order valence-corrected chi connectivity index (χ0v) is 10.3. The monoisotopic (exact) mass is 256 g/mol. The van der Waals surface area contributed by atoms with Crippen LogP contribution in [0.4, 0.5) is 4.79 Å². The van der Waals surface area contributed by atoms with Crippen molar-refractivity contribution in [2.45, 2.75) is 31.7 Å². The van der Waals surface area contributed by atoms with E-state index >= 15 is 0 Å². The number of fused-ring (bicyclic) bond motifs is 2. The van der Waals surface area contributed by atoms with Crippen molar-refractivity contribution in [3.8, 4) is 0 Å². The van der Waals surface area contributed by atoms with Crippen molar-refractivity contribution in [2.24, 2.45) is 17.8 Å². The van der Waals surface area contributed by atoms with Gasteiger partial charge in [-0.15, -0.1) is 0 Å². The van der Waals surface area contributed by atoms with Crippen LogP contribution in [0.5, 0.6) is 0 Å². The van der Waals surface area contributed by atoms with E-state index in [4.69, 9.17) is 10.2 Å². The van der Waals surface area contributed by atoms with Gasteiger partial charge in [0.25, 0.3) is 0 Å². The van der Waals surface area contributed by atoms with Gasteiger partial charge in [0, 0.05) is 6.54 Å². The third-order valence-corrected chi connectivity index (χ3v) is 4.20. The lowest BCUT2D eigenvalue weighted by atomic mass is 9.89. The van der Waals surface area contributed by atoms with Gasteiger partial charge in [-0.25, -0.2) is 9.59 Å². The summed E-state index contributed by atoms with van der Waals surface area (Å²) in [5.74, 6) is 0.858. The molecule has 0 heterocycles. The number of hydrogen-bond acceptors (Lipinski definition) is 3. The number of aliphatic carboxylic acids is 1. The summed E-state index contributed by atoms with van der Waals surface area (Å²) in [6, 6.07) is -1.75. The van der Waals surface area contributed by atoms with Crippen LogP contribution >= 0.6 is 0 Å². The Kier molecular flexibility index (Phi) is 4.06. The largest absolute Gasteiger partial charge is 0.480 e. The molecule has 0 saturated heterocycles. The zero-order valence-electron chi connectivity index (χ0n) is 10.3. The van der Waals surface area contributed by atoms with Crippen LogP contribution in [0.2, 0.25) is 0 Å². The van der Waals surface area contributed by atoms with Gasteiger partial charge < -0.3 is 20.8 Å². The summed E-state index contributed by atoms with van der Waals surface area (Å²) in [5, 5.41) is 22.4. The number of carbonyl (C=O) groups excluding carboxylic acids is 1. The number of carboxylic acid groups (broad SMARTS) is 1. The van der Waals surface area contributed by atoms with Crippen LogP contribution in [0.25, 0.3) is 0 Å². The minimum atomic E-state index is -1.23. The normalized spacial score (nSPS) is 31.1. The molecule has 0 aromatic carbocycles. The van der Waals surface area contributed by atoms with Gasteiger partial charge in [0.05, 0.1) is 6.61 Å². The standard InChI is InChI=1S/C12H20N2O4/c15-6-10(11(16)17)14-12(18)13-5-9-4-7-1-2-8(9)3-7/h7-10,15H,1-6H2,(H,16,17)(H2,13,14,18)/t7?,8?,9?,10-/m1/s1. The van der Waals surface area contributed by atoms with E-state index in [0.717, 1.165) is 11.8 Å². The molecule has 2 saturated carbocycles. The van der Waals surface area contributed by atoms with E-state index in [2.05, 4.69) is 10.6 Å². The molecule has 0 aliphatic heterocycles. The van der Waals surface area contributed by atoms with Gasteiger partial charge in [-0.2, -0.15) is 0 Å². The van der Waals surface area contributed by atoms with E-state index in [-0.39, 0.29) is 0 Å². The van der Waals surface area contributed by atoms with E-state index < -0.39 is 24.6 Å². The SMILES string of the molecule is O=C(NCC1CC2CCC1C2)N[C@H](CO)C(=O)O. The second kappa shape index (κ2) is 5.56. The number of nitrogens with one attached hydrogen (secondary N) is 2. The molecule has 2 aliphatic rings. The second-order valence-corrected chi connectivity index (χ2v) is 5.36. The maximum absolute atomic E-state index is 11.5. The molecule has 2 bridgehead atoms. The van der Waals surface area contributed by atoms with Crippen LogP contribution in [0.1, 0.15) is 25.7 Å². The first-order chi connectivity index (χ1) is 8.60. The number of carboxylic acids is 1. The molecular weight excluding hydrogens is 236 g/mol. The average molecular weight is 256 g/mol. The molecule has 6 nitrogen and oxygen atoms in total. The number of carbonyl (C=O) groups is 2. The Morgan fingerprint density at radius 1 is 1.28 bits per heavy atom. The van der Waals surface area contributed by atoms with Crippen molar-refractivity contribution in [2.75, 3.05) is 13.2 Å². The molecule has 2 aliphatic carbocycles. The lowest BCUT2D eigenvalue weighted by Crippen LogP contribution is -2.49. The maximum atomic E-state index is 11.5. The quantitative estimate of drug-likeness (QED) is 0.563. The number of aliphatic hydroxyl groups is 1. The van der Waals surface area contributed by atoms with Gasteiger partial charge in [-0.3, -0.25) is 0 Å². The summed E-state index contributed by atoms with van der Waals surface area (Å²) in [7, 11) is 0. The fraction of sp³-hybridized carbons (Fsp3) is 0.833. The summed E-state index contributed by atoms with van der Waals surface area (Å²) < 4.78 is 0. The Labute approximate surface area is 106 Å². The highest BCUT2D eigenvalue weighted by molar-refractivity contribution is 5.82. The number of urea groups is 1. The van der Waals surface area contributed by atoms with Crippen molar-refractivity contribution in [3.05, 3.63) is 0 Å². The van der Waals surface area contributed by atoms with Gasteiger partial charge in [-0.1, -0.05) is 6.42 Å². The lowest BCUT2D eigenvalue weighted by Gasteiger charge is -2.22. The van der Waals surface area contributed by atoms with E-state index in [1.54, 1.807) is 0 Å². The van der Waals surface area contributed by atoms with Gasteiger partial charge >= 0.3 is 12.0 Å². The van der Waals surface area contributed by atoms with Gasteiger partial charge in [0.1, 0.15) is 0 Å². The Hall–Kier alpha value is -1.30. The van der Waals surface area contributed by atoms with Crippen LogP contribution in [-0.4, -0.2) is 41.4 Å². The van der Waals surface area contributed by atoms with E-state index in [1.165, 1.54) is 25.7 Å². The molecule has 6 heteroatoms. The first-order valence-electron chi connectivity index (χ1n) is 6.48. The molecule has 4 N–H and O–H groups in total. The molecule has 0 radical (unpaired) electrons. The summed E-state index contributed by atoms with van der Waals surface area (Å²) >= 11 is 0. The fourth-order valence-corrected chi connectivity index (χ4v) is 3.25. The molecule has 102 valence electrons. The molecule has 0 spiro atoms. The molecular formula is C12H20N2O4. The first-order valence-corrected chi connectivity index (χ1v) is 6.48. The van der Waals surface area contributed by atoms with Crippen molar-refractivity contribution in [1.29, 1.82) is 0 Å². The van der Waals surface area contributed by atoms with Crippen molar-refractivity contribution in [1.82, 2.24) is 10.6 Å². The number of hydrogen-bond donors (Lipinski definition) is 4. The highest BCUT2D eigenvalue weighted by Crippen LogP contribution is 2.47. The topological polar surface area (TPSA) is 98.7 Å². The van der Waals surface area contributed by atoms with Crippen LogP contribution in [0.3, 0.4) is 0 Å². The third kappa shape index (κ3) is 2.93. The Morgan fingerprint density at radius 3 is 2.56 bits per heavy atom. The summed E-state index contributed by atoms with van der Waals surface area (Å²) in [5.41, 5.74) is 0. The number of amides is 2. The third-order valence-electron chi connectivity index (χ3n) is 4.20. The Bertz CT molecular complexity index is 334. The fourth-order valence-electron chi connectivity index (χ4n) is 3.25. The predicted molar refractivity (Wildman–Crippen MR) is 64.0 cm³/mol. The molecule has 4 atom stereocenters. The minimum Gasteiger partial charge on any atom is -0.480 e. The molecule has 18 heavy (non-hydrogen) atoms. The average Bonchev–Trinajstić information content (AvgIpc) is 2.95. The molecule has 0 aromatic rings. The second-order valence-electron chi connectivity index (χ2n) is 5.36. The van der Waals surface area contributed by atoms with Gasteiger partial charge in [-0.05, 0) is 37.0 Å². The Morgan fingerprint density at radius 2 is 2.06 bits per heavy atom. The summed E-state index contributed by atoms with van der Waals surface area (Å²) in [6.45, 7) is 0.00164. The van der Waals surface area contributed by atoms with Crippen LogP contribution < -0.4 is 10.6 Å². The van der Waals surface area contributed by atoms with Crippen molar-refractivity contribution < 1.29 is 19.8 Å². The highest BCUT2D eigenvalue weighted by atomic mass is 16.4. The molecule has 2 fully saturated rings.